The third kappa shape index (κ3) is 5.89. The van der Waals surface area contributed by atoms with Gasteiger partial charge in [-0.05, 0) is 32.2 Å². The Morgan fingerprint density at radius 1 is 1.29 bits per heavy atom. The van der Waals surface area contributed by atoms with E-state index in [2.05, 4.69) is 0 Å². The van der Waals surface area contributed by atoms with Crippen molar-refractivity contribution < 1.29 is 19.2 Å². The standard InChI is InChI=1S/C12H23BO4/c1-7-16-10(14)8-9-13(15)17-12(5,6)11(2,3)4/h8-9,15H,7H2,1-6H3/b9-8+. The van der Waals surface area contributed by atoms with Gasteiger partial charge in [0.25, 0.3) is 0 Å². The van der Waals surface area contributed by atoms with Crippen LogP contribution in [-0.2, 0) is 14.2 Å². The van der Waals surface area contributed by atoms with Crippen molar-refractivity contribution in [3.8, 4) is 0 Å². The van der Waals surface area contributed by atoms with Crippen molar-refractivity contribution in [1.29, 1.82) is 0 Å². The van der Waals surface area contributed by atoms with E-state index in [-0.39, 0.29) is 5.41 Å². The average molecular weight is 242 g/mol. The van der Waals surface area contributed by atoms with Gasteiger partial charge in [-0.3, -0.25) is 0 Å². The fourth-order valence-corrected chi connectivity index (χ4v) is 0.869. The highest BCUT2D eigenvalue weighted by Crippen LogP contribution is 2.33. The van der Waals surface area contributed by atoms with E-state index >= 15 is 0 Å². The predicted molar refractivity (Wildman–Crippen MR) is 68.4 cm³/mol. The molecule has 0 aliphatic rings. The third-order valence-electron chi connectivity index (χ3n) is 2.91. The van der Waals surface area contributed by atoms with Crippen LogP contribution in [0.2, 0.25) is 0 Å². The zero-order valence-corrected chi connectivity index (χ0v) is 11.6. The van der Waals surface area contributed by atoms with Crippen molar-refractivity contribution in [2.75, 3.05) is 6.61 Å². The van der Waals surface area contributed by atoms with Gasteiger partial charge < -0.3 is 14.4 Å². The molecular formula is C12H23BO4. The molecule has 0 atom stereocenters. The first-order valence-electron chi connectivity index (χ1n) is 5.81. The Labute approximate surface area is 104 Å². The maximum Gasteiger partial charge on any atom is 0.484 e. The number of rotatable bonds is 5. The van der Waals surface area contributed by atoms with Crippen LogP contribution in [0.5, 0.6) is 0 Å². The van der Waals surface area contributed by atoms with Gasteiger partial charge in [-0.25, -0.2) is 4.79 Å². The summed E-state index contributed by atoms with van der Waals surface area (Å²) in [7, 11) is -1.12. The van der Waals surface area contributed by atoms with E-state index in [1.165, 1.54) is 12.1 Å². The normalized spacial score (nSPS) is 12.9. The highest BCUT2D eigenvalue weighted by atomic mass is 16.5. The fraction of sp³-hybridized carbons (Fsp3) is 0.750. The lowest BCUT2D eigenvalue weighted by atomic mass is 9.76. The molecule has 0 amide bonds. The largest absolute Gasteiger partial charge is 0.484 e. The molecule has 0 saturated heterocycles. The first-order chi connectivity index (χ1) is 7.60. The minimum atomic E-state index is -1.12. The van der Waals surface area contributed by atoms with Crippen molar-refractivity contribution in [2.24, 2.45) is 5.41 Å². The van der Waals surface area contributed by atoms with Gasteiger partial charge in [0.15, 0.2) is 0 Å². The van der Waals surface area contributed by atoms with Crippen LogP contribution in [0, 0.1) is 5.41 Å². The number of carbonyl (C=O) groups is 1. The molecule has 0 saturated carbocycles. The molecule has 0 rings (SSSR count). The summed E-state index contributed by atoms with van der Waals surface area (Å²) in [6.45, 7) is 11.9. The second kappa shape index (κ2) is 6.22. The minimum Gasteiger partial charge on any atom is -0.463 e. The van der Waals surface area contributed by atoms with Crippen LogP contribution < -0.4 is 0 Å². The van der Waals surface area contributed by atoms with Gasteiger partial charge in [0.05, 0.1) is 12.2 Å². The van der Waals surface area contributed by atoms with Crippen molar-refractivity contribution >= 4 is 13.1 Å². The molecule has 0 fully saturated rings. The number of carbonyl (C=O) groups excluding carboxylic acids is 1. The molecule has 0 bridgehead atoms. The number of hydrogen-bond donors (Lipinski definition) is 1. The third-order valence-corrected chi connectivity index (χ3v) is 2.91. The molecule has 0 aliphatic carbocycles. The van der Waals surface area contributed by atoms with Gasteiger partial charge in [-0.15, -0.1) is 0 Å². The summed E-state index contributed by atoms with van der Waals surface area (Å²) < 4.78 is 10.2. The molecule has 0 unspecified atom stereocenters. The maximum atomic E-state index is 11.0. The first-order valence-corrected chi connectivity index (χ1v) is 5.81. The summed E-state index contributed by atoms with van der Waals surface area (Å²) in [5.74, 6) is 0.801. The van der Waals surface area contributed by atoms with E-state index in [4.69, 9.17) is 9.39 Å². The van der Waals surface area contributed by atoms with E-state index in [1.54, 1.807) is 6.92 Å². The molecule has 17 heavy (non-hydrogen) atoms. The van der Waals surface area contributed by atoms with Gasteiger partial charge in [-0.1, -0.05) is 20.8 Å². The Kier molecular flexibility index (Phi) is 5.92. The molecule has 0 aromatic carbocycles. The van der Waals surface area contributed by atoms with Crippen LogP contribution in [-0.4, -0.2) is 30.3 Å². The monoisotopic (exact) mass is 242 g/mol. The highest BCUT2D eigenvalue weighted by molar-refractivity contribution is 6.49. The molecular weight excluding hydrogens is 219 g/mol. The fourth-order valence-electron chi connectivity index (χ4n) is 0.869. The second-order valence-corrected chi connectivity index (χ2v) is 5.38. The van der Waals surface area contributed by atoms with Gasteiger partial charge in [-0.2, -0.15) is 0 Å². The predicted octanol–water partition coefficient (Wildman–Crippen LogP) is 1.97. The Balaban J connectivity index is 4.37. The average Bonchev–Trinajstić information content (AvgIpc) is 2.12. The minimum absolute atomic E-state index is 0.119. The van der Waals surface area contributed by atoms with Gasteiger partial charge in [0.2, 0.25) is 0 Å². The summed E-state index contributed by atoms with van der Waals surface area (Å²) >= 11 is 0. The Morgan fingerprint density at radius 2 is 1.82 bits per heavy atom. The van der Waals surface area contributed by atoms with E-state index in [0.717, 1.165) is 0 Å². The molecule has 0 spiro atoms. The molecule has 1 N–H and O–H groups in total. The summed E-state index contributed by atoms with van der Waals surface area (Å²) in [5.41, 5.74) is -0.628. The van der Waals surface area contributed by atoms with Crippen LogP contribution in [0.3, 0.4) is 0 Å². The Morgan fingerprint density at radius 3 is 2.24 bits per heavy atom. The molecule has 0 aromatic heterocycles. The molecule has 0 aliphatic heterocycles. The lowest BCUT2D eigenvalue weighted by molar-refractivity contribution is -0.137. The van der Waals surface area contributed by atoms with Crippen LogP contribution >= 0.6 is 0 Å². The zero-order valence-electron chi connectivity index (χ0n) is 11.6. The maximum absolute atomic E-state index is 11.0. The Bertz CT molecular complexity index is 279. The zero-order chi connectivity index (χ0) is 13.7. The van der Waals surface area contributed by atoms with E-state index in [0.29, 0.717) is 6.61 Å². The molecule has 0 radical (unpaired) electrons. The van der Waals surface area contributed by atoms with Crippen LogP contribution in [0.25, 0.3) is 0 Å². The second-order valence-electron chi connectivity index (χ2n) is 5.38. The van der Waals surface area contributed by atoms with Crippen LogP contribution in [0.1, 0.15) is 41.5 Å². The van der Waals surface area contributed by atoms with Crippen molar-refractivity contribution in [3.05, 3.63) is 12.1 Å². The summed E-state index contributed by atoms with van der Waals surface area (Å²) in [4.78, 5) is 11.0. The van der Waals surface area contributed by atoms with E-state index < -0.39 is 18.7 Å². The quantitative estimate of drug-likeness (QED) is 0.455. The smallest absolute Gasteiger partial charge is 0.463 e. The first kappa shape index (κ1) is 16.2. The number of ether oxygens (including phenoxy) is 1. The lowest BCUT2D eigenvalue weighted by Crippen LogP contribution is -2.43. The number of hydrogen-bond acceptors (Lipinski definition) is 4. The van der Waals surface area contributed by atoms with Gasteiger partial charge >= 0.3 is 13.1 Å². The van der Waals surface area contributed by atoms with E-state index in [1.807, 2.05) is 34.6 Å². The van der Waals surface area contributed by atoms with Crippen molar-refractivity contribution in [3.63, 3.8) is 0 Å². The van der Waals surface area contributed by atoms with Crippen molar-refractivity contribution in [2.45, 2.75) is 47.1 Å². The molecule has 5 heteroatoms. The van der Waals surface area contributed by atoms with Gasteiger partial charge in [0.1, 0.15) is 0 Å². The molecule has 4 nitrogen and oxygen atoms in total. The number of esters is 1. The highest BCUT2D eigenvalue weighted by Gasteiger charge is 2.36. The lowest BCUT2D eigenvalue weighted by Gasteiger charge is -2.39. The molecule has 0 aromatic rings. The topological polar surface area (TPSA) is 55.8 Å². The van der Waals surface area contributed by atoms with E-state index in [9.17, 15) is 9.82 Å². The molecule has 0 heterocycles. The van der Waals surface area contributed by atoms with Crippen LogP contribution in [0.4, 0.5) is 0 Å². The van der Waals surface area contributed by atoms with Gasteiger partial charge in [0, 0.05) is 6.08 Å². The molecule has 98 valence electrons. The van der Waals surface area contributed by atoms with Crippen LogP contribution in [0.15, 0.2) is 12.1 Å². The summed E-state index contributed by atoms with van der Waals surface area (Å²) in [5, 5.41) is 9.65. The SMILES string of the molecule is CCOC(=O)/C=C/B(O)OC(C)(C)C(C)(C)C. The Hall–Kier alpha value is -0.805. The summed E-state index contributed by atoms with van der Waals surface area (Å²) in [6, 6.07) is 0. The van der Waals surface area contributed by atoms with Crippen molar-refractivity contribution in [1.82, 2.24) is 0 Å². The summed E-state index contributed by atoms with van der Waals surface area (Å²) in [6.07, 6.45) is 1.17.